The molecule has 1 fully saturated rings. The second-order valence-electron chi connectivity index (χ2n) is 7.02. The first-order valence-corrected chi connectivity index (χ1v) is 9.00. The van der Waals surface area contributed by atoms with Crippen molar-refractivity contribution in [2.45, 2.75) is 51.6 Å². The van der Waals surface area contributed by atoms with Crippen LogP contribution < -0.4 is 4.74 Å². The quantitative estimate of drug-likeness (QED) is 0.701. The first kappa shape index (κ1) is 17.4. The van der Waals surface area contributed by atoms with Crippen LogP contribution in [-0.2, 0) is 4.74 Å². The van der Waals surface area contributed by atoms with Gasteiger partial charge in [0.25, 0.3) is 0 Å². The summed E-state index contributed by atoms with van der Waals surface area (Å²) in [5.74, 6) is -0.652. The van der Waals surface area contributed by atoms with Crippen LogP contribution in [0.1, 0.15) is 51.0 Å². The standard InChI is InChI=1S/C20H26F2O2/c1-3-23-18-11-9-16(19(21)20(18)22)15-8-10-17(24-12-15)14-6-4-13(2)5-7-14/h8-11,13-15,17H,3-7,12H2,1-2H3/t13?,14?,15?,17-/m0/s1. The van der Waals surface area contributed by atoms with Gasteiger partial charge in [-0.05, 0) is 37.7 Å². The van der Waals surface area contributed by atoms with Crippen LogP contribution in [0.3, 0.4) is 0 Å². The van der Waals surface area contributed by atoms with Crippen LogP contribution in [0.25, 0.3) is 0 Å². The molecule has 1 aliphatic carbocycles. The van der Waals surface area contributed by atoms with Crippen LogP contribution in [0.4, 0.5) is 8.78 Å². The third-order valence-corrected chi connectivity index (χ3v) is 5.30. The molecule has 0 amide bonds. The van der Waals surface area contributed by atoms with Gasteiger partial charge >= 0.3 is 0 Å². The first-order chi connectivity index (χ1) is 11.6. The van der Waals surface area contributed by atoms with Gasteiger partial charge in [0.15, 0.2) is 11.6 Å². The van der Waals surface area contributed by atoms with Crippen molar-refractivity contribution in [1.82, 2.24) is 0 Å². The Morgan fingerprint density at radius 1 is 1.08 bits per heavy atom. The predicted molar refractivity (Wildman–Crippen MR) is 90.3 cm³/mol. The van der Waals surface area contributed by atoms with Gasteiger partial charge in [-0.15, -0.1) is 0 Å². The van der Waals surface area contributed by atoms with Gasteiger partial charge in [0, 0.05) is 11.5 Å². The molecule has 0 bridgehead atoms. The second kappa shape index (κ2) is 7.64. The van der Waals surface area contributed by atoms with Crippen molar-refractivity contribution in [3.8, 4) is 5.75 Å². The van der Waals surface area contributed by atoms with Crippen LogP contribution in [0.5, 0.6) is 5.75 Å². The molecule has 24 heavy (non-hydrogen) atoms. The molecule has 1 heterocycles. The van der Waals surface area contributed by atoms with E-state index in [4.69, 9.17) is 9.47 Å². The van der Waals surface area contributed by atoms with Gasteiger partial charge in [0.1, 0.15) is 0 Å². The molecule has 4 heteroatoms. The Bertz CT molecular complexity index is 592. The summed E-state index contributed by atoms with van der Waals surface area (Å²) < 4.78 is 39.4. The second-order valence-corrected chi connectivity index (χ2v) is 7.02. The molecule has 0 aromatic heterocycles. The molecule has 0 saturated heterocycles. The van der Waals surface area contributed by atoms with Crippen LogP contribution in [0, 0.1) is 23.5 Å². The molecule has 2 nitrogen and oxygen atoms in total. The number of benzene rings is 1. The molecular weight excluding hydrogens is 310 g/mol. The summed E-state index contributed by atoms with van der Waals surface area (Å²) in [6.07, 6.45) is 9.01. The maximum Gasteiger partial charge on any atom is 0.200 e. The highest BCUT2D eigenvalue weighted by atomic mass is 19.2. The zero-order valence-electron chi connectivity index (χ0n) is 14.4. The Morgan fingerprint density at radius 2 is 1.83 bits per heavy atom. The maximum atomic E-state index is 14.3. The van der Waals surface area contributed by atoms with Crippen LogP contribution in [0.15, 0.2) is 24.3 Å². The monoisotopic (exact) mass is 336 g/mol. The van der Waals surface area contributed by atoms with Crippen molar-refractivity contribution >= 4 is 0 Å². The van der Waals surface area contributed by atoms with E-state index in [-0.39, 0.29) is 17.8 Å². The average Bonchev–Trinajstić information content (AvgIpc) is 2.60. The van der Waals surface area contributed by atoms with Gasteiger partial charge in [-0.3, -0.25) is 0 Å². The van der Waals surface area contributed by atoms with E-state index in [2.05, 4.69) is 6.92 Å². The van der Waals surface area contributed by atoms with Crippen molar-refractivity contribution in [2.24, 2.45) is 11.8 Å². The molecule has 1 saturated carbocycles. The van der Waals surface area contributed by atoms with Gasteiger partial charge in [-0.2, -0.15) is 4.39 Å². The highest BCUT2D eigenvalue weighted by molar-refractivity contribution is 5.35. The molecule has 2 atom stereocenters. The molecule has 1 aliphatic heterocycles. The Labute approximate surface area is 142 Å². The number of ether oxygens (including phenoxy) is 2. The average molecular weight is 336 g/mol. The Hall–Kier alpha value is -1.42. The highest BCUT2D eigenvalue weighted by Crippen LogP contribution is 2.36. The van der Waals surface area contributed by atoms with E-state index >= 15 is 0 Å². The third-order valence-electron chi connectivity index (χ3n) is 5.30. The normalized spacial score (nSPS) is 30.3. The molecule has 0 spiro atoms. The van der Waals surface area contributed by atoms with Crippen molar-refractivity contribution in [1.29, 1.82) is 0 Å². The molecular formula is C20H26F2O2. The van der Waals surface area contributed by atoms with Crippen molar-refractivity contribution in [2.75, 3.05) is 13.2 Å². The van der Waals surface area contributed by atoms with E-state index in [1.165, 1.54) is 31.7 Å². The minimum absolute atomic E-state index is 0.0336. The molecule has 0 radical (unpaired) electrons. The lowest BCUT2D eigenvalue weighted by Gasteiger charge is -2.34. The number of halogens is 2. The zero-order chi connectivity index (χ0) is 17.1. The first-order valence-electron chi connectivity index (χ1n) is 9.00. The summed E-state index contributed by atoms with van der Waals surface area (Å²) in [5, 5.41) is 0. The summed E-state index contributed by atoms with van der Waals surface area (Å²) >= 11 is 0. The van der Waals surface area contributed by atoms with Gasteiger partial charge < -0.3 is 9.47 Å². The predicted octanol–water partition coefficient (Wildman–Crippen LogP) is 5.23. The van der Waals surface area contributed by atoms with Crippen molar-refractivity contribution in [3.05, 3.63) is 41.5 Å². The Kier molecular flexibility index (Phi) is 5.54. The fourth-order valence-electron chi connectivity index (χ4n) is 3.77. The molecule has 1 unspecified atom stereocenters. The molecule has 132 valence electrons. The summed E-state index contributed by atoms with van der Waals surface area (Å²) in [5.41, 5.74) is 0.336. The van der Waals surface area contributed by atoms with Crippen molar-refractivity contribution in [3.63, 3.8) is 0 Å². The number of rotatable bonds is 4. The van der Waals surface area contributed by atoms with E-state index in [1.54, 1.807) is 13.0 Å². The summed E-state index contributed by atoms with van der Waals surface area (Å²) in [7, 11) is 0. The lowest BCUT2D eigenvalue weighted by Crippen LogP contribution is -2.30. The topological polar surface area (TPSA) is 18.5 Å². The Morgan fingerprint density at radius 3 is 2.46 bits per heavy atom. The molecule has 0 N–H and O–H groups in total. The molecule has 1 aromatic rings. The van der Waals surface area contributed by atoms with Crippen LogP contribution in [-0.4, -0.2) is 19.3 Å². The van der Waals surface area contributed by atoms with Crippen LogP contribution >= 0.6 is 0 Å². The summed E-state index contributed by atoms with van der Waals surface area (Å²) in [6, 6.07) is 3.10. The van der Waals surface area contributed by atoms with Crippen LogP contribution in [0.2, 0.25) is 0 Å². The fraction of sp³-hybridized carbons (Fsp3) is 0.600. The van der Waals surface area contributed by atoms with Gasteiger partial charge in [-0.25, -0.2) is 4.39 Å². The molecule has 1 aromatic carbocycles. The lowest BCUT2D eigenvalue weighted by molar-refractivity contribution is 0.0155. The summed E-state index contributed by atoms with van der Waals surface area (Å²) in [6.45, 7) is 4.75. The largest absolute Gasteiger partial charge is 0.491 e. The van der Waals surface area contributed by atoms with Crippen molar-refractivity contribution < 1.29 is 18.3 Å². The molecule has 2 aliphatic rings. The highest BCUT2D eigenvalue weighted by Gasteiger charge is 2.29. The zero-order valence-corrected chi connectivity index (χ0v) is 14.4. The van der Waals surface area contributed by atoms with Gasteiger partial charge in [0.05, 0.1) is 19.3 Å². The van der Waals surface area contributed by atoms with E-state index in [0.29, 0.717) is 24.7 Å². The minimum Gasteiger partial charge on any atom is -0.491 e. The van der Waals surface area contributed by atoms with Gasteiger partial charge in [0.2, 0.25) is 5.82 Å². The third kappa shape index (κ3) is 3.64. The lowest BCUT2D eigenvalue weighted by atomic mass is 9.79. The van der Waals surface area contributed by atoms with E-state index in [0.717, 1.165) is 5.92 Å². The fourth-order valence-corrected chi connectivity index (χ4v) is 3.77. The summed E-state index contributed by atoms with van der Waals surface area (Å²) in [4.78, 5) is 0. The molecule has 3 rings (SSSR count). The van der Waals surface area contributed by atoms with E-state index < -0.39 is 11.6 Å². The van der Waals surface area contributed by atoms with E-state index in [9.17, 15) is 8.78 Å². The minimum atomic E-state index is -0.911. The van der Waals surface area contributed by atoms with Gasteiger partial charge in [-0.1, -0.05) is 38.0 Å². The number of hydrogen-bond donors (Lipinski definition) is 0. The van der Waals surface area contributed by atoms with E-state index in [1.807, 2.05) is 12.2 Å². The Balaban J connectivity index is 1.69. The maximum absolute atomic E-state index is 14.3. The smallest absolute Gasteiger partial charge is 0.200 e. The SMILES string of the molecule is CCOc1ccc(C2C=C[C@@H](C3CCC(C)CC3)OC2)c(F)c1F. The number of hydrogen-bond acceptors (Lipinski definition) is 2.